The molecule has 0 amide bonds. The number of fused-ring (bicyclic) bond motifs is 1. The second kappa shape index (κ2) is 6.60. The minimum Gasteiger partial charge on any atom is -0.379 e. The molecule has 0 radical (unpaired) electrons. The maximum Gasteiger partial charge on any atom is 0.198 e. The Labute approximate surface area is 153 Å². The minimum atomic E-state index is 0.419. The van der Waals surface area contributed by atoms with Crippen LogP contribution < -0.4 is 10.6 Å². The number of hydrogen-bond donors (Lipinski definition) is 2. The van der Waals surface area contributed by atoms with Gasteiger partial charge in [-0.15, -0.1) is 5.10 Å². The lowest BCUT2D eigenvalue weighted by molar-refractivity contribution is 0.249. The maximum atomic E-state index is 5.79. The summed E-state index contributed by atoms with van der Waals surface area (Å²) < 4.78 is 1.82. The molecule has 26 heavy (non-hydrogen) atoms. The Hall–Kier alpha value is -2.61. The highest BCUT2D eigenvalue weighted by atomic mass is 15.4. The van der Waals surface area contributed by atoms with Crippen molar-refractivity contribution in [2.75, 3.05) is 37.8 Å². The lowest BCUT2D eigenvalue weighted by atomic mass is 10.0. The molecule has 3 aromatic heterocycles. The lowest BCUT2D eigenvalue weighted by Crippen LogP contribution is -2.42. The average molecular weight is 354 g/mol. The van der Waals surface area contributed by atoms with E-state index in [1.807, 2.05) is 16.9 Å². The molecule has 0 saturated carbocycles. The first-order chi connectivity index (χ1) is 12.5. The van der Waals surface area contributed by atoms with E-state index in [2.05, 4.69) is 52.2 Å². The molecule has 1 saturated heterocycles. The summed E-state index contributed by atoms with van der Waals surface area (Å²) in [6.45, 7) is 4.27. The van der Waals surface area contributed by atoms with Crippen LogP contribution in [0, 0.1) is 6.92 Å². The standard InChI is InChI=1S/C18H26N8/c1-12-8-13(9-15-11-21-18-16(19)22-23-26(15)18)10-20-17(12)25-6-4-14(5-7-25)24(2)3/h8,10-11,14,23H,4-7,9H2,1-3H3,(H2,19,22). The third-order valence-corrected chi connectivity index (χ3v) is 5.32. The maximum absolute atomic E-state index is 5.79. The number of imidazole rings is 1. The van der Waals surface area contributed by atoms with Gasteiger partial charge in [0.25, 0.3) is 0 Å². The van der Waals surface area contributed by atoms with E-state index in [1.165, 1.54) is 18.4 Å². The number of pyridine rings is 1. The molecule has 3 N–H and O–H groups in total. The van der Waals surface area contributed by atoms with E-state index in [9.17, 15) is 0 Å². The number of nitrogens with one attached hydrogen (secondary N) is 1. The number of rotatable bonds is 4. The van der Waals surface area contributed by atoms with Gasteiger partial charge in [-0.1, -0.05) is 6.07 Å². The quantitative estimate of drug-likeness (QED) is 0.737. The Morgan fingerprint density at radius 2 is 2.00 bits per heavy atom. The van der Waals surface area contributed by atoms with Crippen LogP contribution in [-0.2, 0) is 6.42 Å². The number of anilines is 2. The zero-order valence-electron chi connectivity index (χ0n) is 15.6. The summed E-state index contributed by atoms with van der Waals surface area (Å²) in [5, 5.41) is 6.89. The Kier molecular flexibility index (Phi) is 4.28. The van der Waals surface area contributed by atoms with Crippen LogP contribution in [0.1, 0.15) is 29.7 Å². The van der Waals surface area contributed by atoms with Gasteiger partial charge in [0.2, 0.25) is 0 Å². The number of nitrogens with zero attached hydrogens (tertiary/aromatic N) is 6. The van der Waals surface area contributed by atoms with Crippen molar-refractivity contribution in [2.24, 2.45) is 0 Å². The molecular formula is C18H26N8. The Bertz CT molecular complexity index is 901. The third kappa shape index (κ3) is 3.01. The second-order valence-electron chi connectivity index (χ2n) is 7.35. The number of aryl methyl sites for hydroxylation is 1. The summed E-state index contributed by atoms with van der Waals surface area (Å²) in [4.78, 5) is 13.8. The van der Waals surface area contributed by atoms with Crippen LogP contribution in [0.15, 0.2) is 18.5 Å². The summed E-state index contributed by atoms with van der Waals surface area (Å²) in [5.41, 5.74) is 9.86. The van der Waals surface area contributed by atoms with E-state index < -0.39 is 0 Å². The van der Waals surface area contributed by atoms with Gasteiger partial charge in [0.05, 0.1) is 11.9 Å². The summed E-state index contributed by atoms with van der Waals surface area (Å²) in [6, 6.07) is 2.90. The second-order valence-corrected chi connectivity index (χ2v) is 7.35. The van der Waals surface area contributed by atoms with E-state index in [0.29, 0.717) is 17.5 Å². The molecule has 3 aromatic rings. The highest BCUT2D eigenvalue weighted by molar-refractivity contribution is 5.59. The van der Waals surface area contributed by atoms with Crippen LogP contribution in [0.3, 0.4) is 0 Å². The molecule has 0 aromatic carbocycles. The zero-order chi connectivity index (χ0) is 18.3. The fraction of sp³-hybridized carbons (Fsp3) is 0.500. The predicted molar refractivity (Wildman–Crippen MR) is 102 cm³/mol. The number of nitrogens with two attached hydrogens (primary N) is 1. The molecule has 4 rings (SSSR count). The molecule has 0 bridgehead atoms. The first kappa shape index (κ1) is 16.8. The monoisotopic (exact) mass is 354 g/mol. The molecule has 4 heterocycles. The van der Waals surface area contributed by atoms with Crippen LogP contribution in [0.25, 0.3) is 5.65 Å². The van der Waals surface area contributed by atoms with Gasteiger partial charge in [0, 0.05) is 31.7 Å². The Morgan fingerprint density at radius 1 is 1.23 bits per heavy atom. The first-order valence-corrected chi connectivity index (χ1v) is 9.06. The fourth-order valence-electron chi connectivity index (χ4n) is 3.81. The molecule has 0 atom stereocenters. The Balaban J connectivity index is 1.49. The minimum absolute atomic E-state index is 0.419. The number of H-pyrrole nitrogens is 1. The molecule has 8 heteroatoms. The number of hydrogen-bond acceptors (Lipinski definition) is 6. The van der Waals surface area contributed by atoms with Crippen molar-refractivity contribution in [3.8, 4) is 0 Å². The highest BCUT2D eigenvalue weighted by Gasteiger charge is 2.22. The van der Waals surface area contributed by atoms with E-state index in [0.717, 1.165) is 36.6 Å². The predicted octanol–water partition coefficient (Wildman–Crippen LogP) is 1.46. The van der Waals surface area contributed by atoms with Crippen LogP contribution in [0.5, 0.6) is 0 Å². The van der Waals surface area contributed by atoms with Crippen LogP contribution in [0.2, 0.25) is 0 Å². The van der Waals surface area contributed by atoms with Gasteiger partial charge in [-0.05, 0) is 45.0 Å². The molecule has 0 spiro atoms. The summed E-state index contributed by atoms with van der Waals surface area (Å²) in [7, 11) is 4.33. The zero-order valence-corrected chi connectivity index (χ0v) is 15.6. The molecule has 1 aliphatic heterocycles. The van der Waals surface area contributed by atoms with E-state index in [-0.39, 0.29) is 0 Å². The van der Waals surface area contributed by atoms with Crippen LogP contribution >= 0.6 is 0 Å². The fourth-order valence-corrected chi connectivity index (χ4v) is 3.81. The Morgan fingerprint density at radius 3 is 2.69 bits per heavy atom. The largest absolute Gasteiger partial charge is 0.379 e. The molecule has 8 nitrogen and oxygen atoms in total. The van der Waals surface area contributed by atoms with Crippen LogP contribution in [0.4, 0.5) is 11.6 Å². The summed E-state index contributed by atoms with van der Waals surface area (Å²) >= 11 is 0. The van der Waals surface area contributed by atoms with Gasteiger partial charge in [0.1, 0.15) is 5.82 Å². The smallest absolute Gasteiger partial charge is 0.198 e. The highest BCUT2D eigenvalue weighted by Crippen LogP contribution is 2.24. The van der Waals surface area contributed by atoms with Crippen molar-refractivity contribution >= 4 is 17.3 Å². The molecular weight excluding hydrogens is 328 g/mol. The molecule has 138 valence electrons. The van der Waals surface area contributed by atoms with Gasteiger partial charge >= 0.3 is 0 Å². The number of aromatic nitrogens is 5. The van der Waals surface area contributed by atoms with Gasteiger partial charge < -0.3 is 15.5 Å². The van der Waals surface area contributed by atoms with E-state index in [1.54, 1.807) is 0 Å². The molecule has 0 aliphatic carbocycles. The SMILES string of the molecule is Cc1cc(Cc2cnc3c(N)n[nH]n23)cnc1N1CCC(N(C)C)CC1. The van der Waals surface area contributed by atoms with Crippen molar-refractivity contribution in [1.29, 1.82) is 0 Å². The summed E-state index contributed by atoms with van der Waals surface area (Å²) in [5.74, 6) is 1.53. The molecule has 1 fully saturated rings. The third-order valence-electron chi connectivity index (χ3n) is 5.32. The lowest BCUT2D eigenvalue weighted by Gasteiger charge is -2.36. The van der Waals surface area contributed by atoms with Gasteiger partial charge in [0.15, 0.2) is 11.5 Å². The van der Waals surface area contributed by atoms with Crippen molar-refractivity contribution in [3.63, 3.8) is 0 Å². The van der Waals surface area contributed by atoms with E-state index >= 15 is 0 Å². The van der Waals surface area contributed by atoms with E-state index in [4.69, 9.17) is 10.7 Å². The van der Waals surface area contributed by atoms with Crippen molar-refractivity contribution in [2.45, 2.75) is 32.2 Å². The van der Waals surface area contributed by atoms with Gasteiger partial charge in [-0.2, -0.15) is 0 Å². The van der Waals surface area contributed by atoms with Crippen LogP contribution in [-0.4, -0.2) is 62.9 Å². The number of nitrogen functional groups attached to an aromatic ring is 1. The van der Waals surface area contributed by atoms with Crippen molar-refractivity contribution in [3.05, 3.63) is 35.3 Å². The van der Waals surface area contributed by atoms with Crippen molar-refractivity contribution in [1.82, 2.24) is 29.7 Å². The molecule has 0 unspecified atom stereocenters. The van der Waals surface area contributed by atoms with Crippen molar-refractivity contribution < 1.29 is 0 Å². The number of aromatic amines is 1. The van der Waals surface area contributed by atoms with Gasteiger partial charge in [-0.3, -0.25) is 0 Å². The summed E-state index contributed by atoms with van der Waals surface area (Å²) in [6.07, 6.45) is 6.91. The van der Waals surface area contributed by atoms with Gasteiger partial charge in [-0.25, -0.2) is 19.7 Å². The normalized spacial score (nSPS) is 16.1. The first-order valence-electron chi connectivity index (χ1n) is 9.06. The molecule has 1 aliphatic rings. The topological polar surface area (TPSA) is 91.4 Å². The average Bonchev–Trinajstić information content (AvgIpc) is 3.19. The number of piperidine rings is 1.